The number of Topliss-reactive ketones (excluding diaryl/α,β-unsaturated/α-hetero) is 1. The molecule has 0 amide bonds. The minimum atomic E-state index is -0.419. The third-order valence-electron chi connectivity index (χ3n) is 7.19. The standard InChI is InChI=1S/C20H30O2/c1-6-19(4)12-13-14(10-17(19)22)20(5)9-7-8-18(2,3)16(20)11-15(13)21/h6,16-17,22H,1,7-12H2,2-5H3. The van der Waals surface area contributed by atoms with Crippen LogP contribution >= 0.6 is 0 Å². The van der Waals surface area contributed by atoms with Crippen molar-refractivity contribution >= 4 is 5.78 Å². The molecular formula is C20H30O2. The predicted octanol–water partition coefficient (Wildman–Crippen LogP) is 4.44. The highest BCUT2D eigenvalue weighted by atomic mass is 16.3. The average molecular weight is 302 g/mol. The topological polar surface area (TPSA) is 37.3 Å². The third kappa shape index (κ3) is 2.06. The number of aliphatic hydroxyl groups is 1. The van der Waals surface area contributed by atoms with Crippen LogP contribution in [0.4, 0.5) is 0 Å². The molecule has 0 saturated heterocycles. The Bertz CT molecular complexity index is 556. The van der Waals surface area contributed by atoms with Gasteiger partial charge in [0.1, 0.15) is 0 Å². The predicted molar refractivity (Wildman–Crippen MR) is 89.4 cm³/mol. The van der Waals surface area contributed by atoms with E-state index in [9.17, 15) is 9.90 Å². The molecule has 0 radical (unpaired) electrons. The number of ketones is 1. The van der Waals surface area contributed by atoms with E-state index in [1.54, 1.807) is 0 Å². The molecule has 3 rings (SSSR count). The number of rotatable bonds is 1. The number of carbonyl (C=O) groups excluding carboxylic acids is 1. The Labute approximate surface area is 134 Å². The molecule has 4 atom stereocenters. The van der Waals surface area contributed by atoms with Crippen molar-refractivity contribution in [2.75, 3.05) is 0 Å². The van der Waals surface area contributed by atoms with Gasteiger partial charge in [-0.05, 0) is 48.0 Å². The molecule has 2 heteroatoms. The molecule has 0 aliphatic heterocycles. The molecular weight excluding hydrogens is 272 g/mol. The number of fused-ring (bicyclic) bond motifs is 2. The van der Waals surface area contributed by atoms with Crippen molar-refractivity contribution in [3.63, 3.8) is 0 Å². The maximum absolute atomic E-state index is 12.8. The van der Waals surface area contributed by atoms with E-state index in [1.165, 1.54) is 18.4 Å². The van der Waals surface area contributed by atoms with E-state index < -0.39 is 6.10 Å². The molecule has 1 fully saturated rings. The van der Waals surface area contributed by atoms with Crippen LogP contribution in [0.25, 0.3) is 0 Å². The monoisotopic (exact) mass is 302 g/mol. The molecule has 0 bridgehead atoms. The van der Waals surface area contributed by atoms with Gasteiger partial charge >= 0.3 is 0 Å². The van der Waals surface area contributed by atoms with Gasteiger partial charge in [-0.25, -0.2) is 0 Å². The summed E-state index contributed by atoms with van der Waals surface area (Å²) in [4.78, 5) is 12.8. The van der Waals surface area contributed by atoms with Gasteiger partial charge in [0.2, 0.25) is 0 Å². The second-order valence-corrected chi connectivity index (χ2v) is 9.00. The maximum Gasteiger partial charge on any atom is 0.159 e. The molecule has 2 nitrogen and oxygen atoms in total. The van der Waals surface area contributed by atoms with Crippen LogP contribution in [-0.2, 0) is 4.79 Å². The molecule has 0 spiro atoms. The van der Waals surface area contributed by atoms with E-state index >= 15 is 0 Å². The Kier molecular flexibility index (Phi) is 3.49. The van der Waals surface area contributed by atoms with Crippen LogP contribution in [0.1, 0.15) is 66.2 Å². The van der Waals surface area contributed by atoms with E-state index in [1.807, 2.05) is 13.0 Å². The van der Waals surface area contributed by atoms with Crippen LogP contribution in [0.2, 0.25) is 0 Å². The lowest BCUT2D eigenvalue weighted by Gasteiger charge is -2.57. The van der Waals surface area contributed by atoms with Gasteiger partial charge < -0.3 is 5.11 Å². The quantitative estimate of drug-likeness (QED) is 0.727. The zero-order valence-electron chi connectivity index (χ0n) is 14.5. The summed E-state index contributed by atoms with van der Waals surface area (Å²) in [6, 6.07) is 0. The summed E-state index contributed by atoms with van der Waals surface area (Å²) in [5.74, 6) is 0.743. The van der Waals surface area contributed by atoms with E-state index in [2.05, 4.69) is 27.4 Å². The minimum absolute atomic E-state index is 0.0917. The van der Waals surface area contributed by atoms with Gasteiger partial charge in [0.05, 0.1) is 6.10 Å². The highest BCUT2D eigenvalue weighted by Crippen LogP contribution is 2.62. The van der Waals surface area contributed by atoms with Crippen molar-refractivity contribution in [3.8, 4) is 0 Å². The lowest BCUT2D eigenvalue weighted by molar-refractivity contribution is -0.123. The number of hydrogen-bond acceptors (Lipinski definition) is 2. The molecule has 1 saturated carbocycles. The van der Waals surface area contributed by atoms with Crippen molar-refractivity contribution in [2.24, 2.45) is 22.2 Å². The SMILES string of the molecule is C=CC1(C)CC2=C(CC1O)C1(C)CCCC(C)(C)C1CC2=O. The van der Waals surface area contributed by atoms with Crippen molar-refractivity contribution in [1.29, 1.82) is 0 Å². The Balaban J connectivity index is 2.10. The summed E-state index contributed by atoms with van der Waals surface area (Å²) in [6.45, 7) is 12.9. The second-order valence-electron chi connectivity index (χ2n) is 9.00. The number of allylic oxidation sites excluding steroid dienone is 1. The fourth-order valence-electron chi connectivity index (χ4n) is 5.50. The van der Waals surface area contributed by atoms with Gasteiger partial charge in [-0.2, -0.15) is 0 Å². The van der Waals surface area contributed by atoms with Gasteiger partial charge in [-0.1, -0.05) is 45.8 Å². The van der Waals surface area contributed by atoms with Crippen LogP contribution in [-0.4, -0.2) is 17.0 Å². The molecule has 3 aliphatic rings. The van der Waals surface area contributed by atoms with Gasteiger partial charge in [-0.3, -0.25) is 4.79 Å². The van der Waals surface area contributed by atoms with E-state index in [0.29, 0.717) is 31.0 Å². The average Bonchev–Trinajstić information content (AvgIpc) is 2.44. The summed E-state index contributed by atoms with van der Waals surface area (Å²) in [6.07, 6.45) is 7.00. The number of hydrogen-bond donors (Lipinski definition) is 1. The molecule has 1 N–H and O–H groups in total. The summed E-state index contributed by atoms with van der Waals surface area (Å²) in [5, 5.41) is 10.7. The van der Waals surface area contributed by atoms with Crippen molar-refractivity contribution in [3.05, 3.63) is 23.8 Å². The maximum atomic E-state index is 12.8. The molecule has 3 aliphatic carbocycles. The van der Waals surface area contributed by atoms with Crippen LogP contribution in [0, 0.1) is 22.2 Å². The first kappa shape index (κ1) is 16.0. The van der Waals surface area contributed by atoms with Crippen LogP contribution in [0.3, 0.4) is 0 Å². The van der Waals surface area contributed by atoms with Crippen LogP contribution in [0.5, 0.6) is 0 Å². The number of aliphatic hydroxyl groups excluding tert-OH is 1. The summed E-state index contributed by atoms with van der Waals surface area (Å²) in [5.41, 5.74) is 2.24. The molecule has 0 aromatic heterocycles. The van der Waals surface area contributed by atoms with Gasteiger partial charge in [0, 0.05) is 11.8 Å². The Morgan fingerprint density at radius 2 is 1.86 bits per heavy atom. The van der Waals surface area contributed by atoms with Gasteiger partial charge in [-0.15, -0.1) is 6.58 Å². The molecule has 0 heterocycles. The normalized spacial score (nSPS) is 44.3. The highest BCUT2D eigenvalue weighted by Gasteiger charge is 2.55. The zero-order chi connectivity index (χ0) is 16.3. The lowest BCUT2D eigenvalue weighted by Crippen LogP contribution is -2.51. The number of carbonyl (C=O) groups is 1. The molecule has 0 aromatic rings. The van der Waals surface area contributed by atoms with E-state index in [4.69, 9.17) is 0 Å². The second kappa shape index (κ2) is 4.80. The minimum Gasteiger partial charge on any atom is -0.392 e. The van der Waals surface area contributed by atoms with Gasteiger partial charge in [0.25, 0.3) is 0 Å². The first-order chi connectivity index (χ1) is 10.1. The molecule has 122 valence electrons. The highest BCUT2D eigenvalue weighted by molar-refractivity contribution is 5.98. The fraction of sp³-hybridized carbons (Fsp3) is 0.750. The summed E-state index contributed by atoms with van der Waals surface area (Å²) in [7, 11) is 0. The van der Waals surface area contributed by atoms with Crippen molar-refractivity contribution < 1.29 is 9.90 Å². The summed E-state index contributed by atoms with van der Waals surface area (Å²) < 4.78 is 0. The first-order valence-corrected chi connectivity index (χ1v) is 8.71. The third-order valence-corrected chi connectivity index (χ3v) is 7.19. The van der Waals surface area contributed by atoms with Crippen molar-refractivity contribution in [1.82, 2.24) is 0 Å². The van der Waals surface area contributed by atoms with Gasteiger partial charge in [0.15, 0.2) is 5.78 Å². The Morgan fingerprint density at radius 3 is 2.50 bits per heavy atom. The summed E-state index contributed by atoms with van der Waals surface area (Å²) >= 11 is 0. The Morgan fingerprint density at radius 1 is 1.18 bits per heavy atom. The van der Waals surface area contributed by atoms with E-state index in [-0.39, 0.29) is 16.2 Å². The molecule has 22 heavy (non-hydrogen) atoms. The fourth-order valence-corrected chi connectivity index (χ4v) is 5.50. The first-order valence-electron chi connectivity index (χ1n) is 8.71. The van der Waals surface area contributed by atoms with Crippen molar-refractivity contribution in [2.45, 2.75) is 72.3 Å². The van der Waals surface area contributed by atoms with E-state index in [0.717, 1.165) is 12.0 Å². The molecule has 0 aromatic carbocycles. The zero-order valence-corrected chi connectivity index (χ0v) is 14.5. The lowest BCUT2D eigenvalue weighted by atomic mass is 9.47. The largest absolute Gasteiger partial charge is 0.392 e. The molecule has 4 unspecified atom stereocenters. The van der Waals surface area contributed by atoms with Crippen LogP contribution in [0.15, 0.2) is 23.8 Å². The smallest absolute Gasteiger partial charge is 0.159 e. The Hall–Kier alpha value is -0.890. The van der Waals surface area contributed by atoms with Crippen LogP contribution < -0.4 is 0 Å².